The molecule has 37 heavy (non-hydrogen) atoms. The summed E-state index contributed by atoms with van der Waals surface area (Å²) in [5.41, 5.74) is 2.28. The molecule has 0 bridgehead atoms. The van der Waals surface area contributed by atoms with Crippen LogP contribution >= 0.6 is 15.9 Å². The standard InChI is InChI=1S/C25H20BrN7O4/c1-13-18(21(34)14-6-5-7-15(26)12-14)20(23(35)27-2)28-19(13)22-29-31-33(30-22)11-10-32-24(36)16-8-3-4-9-17(16)25(32)37/h3-9,12,28H,10-11H2,1-2H3,(H,27,35). The van der Waals surface area contributed by atoms with Gasteiger partial charge in [-0.25, -0.2) is 0 Å². The number of carbonyl (C=O) groups is 4. The van der Waals surface area contributed by atoms with Gasteiger partial charge in [0.25, 0.3) is 17.7 Å². The van der Waals surface area contributed by atoms with Crippen molar-refractivity contribution in [2.45, 2.75) is 13.5 Å². The van der Waals surface area contributed by atoms with Crippen molar-refractivity contribution < 1.29 is 19.2 Å². The Kier molecular flexibility index (Phi) is 6.25. The number of nitrogens with one attached hydrogen (secondary N) is 2. The van der Waals surface area contributed by atoms with Crippen LogP contribution in [0.15, 0.2) is 53.0 Å². The maximum atomic E-state index is 13.4. The lowest BCUT2D eigenvalue weighted by molar-refractivity contribution is 0.0645. The summed E-state index contributed by atoms with van der Waals surface area (Å²) < 4.78 is 0.732. The number of ketones is 1. The molecule has 0 radical (unpaired) electrons. The first-order valence-electron chi connectivity index (χ1n) is 11.3. The summed E-state index contributed by atoms with van der Waals surface area (Å²) >= 11 is 3.37. The lowest BCUT2D eigenvalue weighted by atomic mass is 9.99. The number of H-pyrrole nitrogens is 1. The Balaban J connectivity index is 1.41. The molecule has 0 fully saturated rings. The van der Waals surface area contributed by atoms with Crippen LogP contribution in [-0.2, 0) is 6.54 Å². The number of nitrogens with zero attached hydrogens (tertiary/aromatic N) is 5. The van der Waals surface area contributed by atoms with Crippen LogP contribution in [0, 0.1) is 6.92 Å². The average Bonchev–Trinajstić information content (AvgIpc) is 3.57. The Labute approximate surface area is 219 Å². The molecule has 3 amide bonds. The fourth-order valence-corrected chi connectivity index (χ4v) is 4.64. The Morgan fingerprint density at radius 3 is 2.38 bits per heavy atom. The minimum absolute atomic E-state index is 0.0575. The van der Waals surface area contributed by atoms with Gasteiger partial charge in [0, 0.05) is 17.1 Å². The predicted molar refractivity (Wildman–Crippen MR) is 135 cm³/mol. The number of aromatic nitrogens is 5. The van der Waals surface area contributed by atoms with Gasteiger partial charge < -0.3 is 10.3 Å². The molecule has 12 heteroatoms. The topological polar surface area (TPSA) is 143 Å². The van der Waals surface area contributed by atoms with Crippen molar-refractivity contribution in [3.63, 3.8) is 0 Å². The molecular weight excluding hydrogens is 542 g/mol. The fraction of sp³-hybridized carbons (Fsp3) is 0.160. The molecule has 2 aromatic carbocycles. The number of halogens is 1. The molecule has 0 atom stereocenters. The zero-order chi connectivity index (χ0) is 26.3. The van der Waals surface area contributed by atoms with Crippen molar-refractivity contribution in [3.8, 4) is 11.5 Å². The highest BCUT2D eigenvalue weighted by Crippen LogP contribution is 2.28. The zero-order valence-corrected chi connectivity index (χ0v) is 21.4. The quantitative estimate of drug-likeness (QED) is 0.260. The molecule has 0 saturated carbocycles. The normalized spacial score (nSPS) is 12.7. The van der Waals surface area contributed by atoms with E-state index in [1.807, 2.05) is 0 Å². The highest BCUT2D eigenvalue weighted by molar-refractivity contribution is 9.10. The molecule has 0 spiro atoms. The fourth-order valence-electron chi connectivity index (χ4n) is 4.24. The second-order valence-electron chi connectivity index (χ2n) is 8.31. The van der Waals surface area contributed by atoms with Gasteiger partial charge in [-0.3, -0.25) is 24.1 Å². The molecule has 186 valence electrons. The number of carbonyl (C=O) groups excluding carboxylic acids is 4. The minimum atomic E-state index is -0.467. The summed E-state index contributed by atoms with van der Waals surface area (Å²) in [4.78, 5) is 56.5. The van der Waals surface area contributed by atoms with E-state index < -0.39 is 5.91 Å². The molecule has 0 unspecified atom stereocenters. The lowest BCUT2D eigenvalue weighted by Crippen LogP contribution is -2.33. The zero-order valence-electron chi connectivity index (χ0n) is 19.8. The monoisotopic (exact) mass is 561 g/mol. The highest BCUT2D eigenvalue weighted by Gasteiger charge is 2.35. The number of hydrogen-bond donors (Lipinski definition) is 2. The van der Waals surface area contributed by atoms with Crippen molar-refractivity contribution in [2.24, 2.45) is 0 Å². The smallest absolute Gasteiger partial charge is 0.268 e. The van der Waals surface area contributed by atoms with E-state index in [0.717, 1.165) is 9.37 Å². The predicted octanol–water partition coefficient (Wildman–Crippen LogP) is 2.63. The summed E-state index contributed by atoms with van der Waals surface area (Å²) in [6.07, 6.45) is 0. The van der Waals surface area contributed by atoms with Gasteiger partial charge >= 0.3 is 0 Å². The number of imide groups is 1. The van der Waals surface area contributed by atoms with E-state index in [0.29, 0.717) is 27.9 Å². The van der Waals surface area contributed by atoms with Gasteiger partial charge in [-0.1, -0.05) is 40.2 Å². The Morgan fingerprint density at radius 1 is 1.03 bits per heavy atom. The maximum absolute atomic E-state index is 13.4. The summed E-state index contributed by atoms with van der Waals surface area (Å²) in [6.45, 7) is 1.87. The van der Waals surface area contributed by atoms with Gasteiger partial charge in [-0.05, 0) is 42.0 Å². The number of tetrazole rings is 1. The molecule has 2 aromatic heterocycles. The Bertz CT molecular complexity index is 1550. The van der Waals surface area contributed by atoms with Crippen molar-refractivity contribution >= 4 is 39.4 Å². The van der Waals surface area contributed by atoms with E-state index in [-0.39, 0.29) is 47.8 Å². The van der Waals surface area contributed by atoms with Gasteiger partial charge in [0.15, 0.2) is 5.78 Å². The first-order chi connectivity index (χ1) is 17.8. The van der Waals surface area contributed by atoms with Crippen molar-refractivity contribution in [2.75, 3.05) is 13.6 Å². The van der Waals surface area contributed by atoms with Crippen LogP contribution in [0.25, 0.3) is 11.5 Å². The molecule has 1 aliphatic heterocycles. The van der Waals surface area contributed by atoms with Crippen molar-refractivity contribution in [1.82, 2.24) is 35.4 Å². The second-order valence-corrected chi connectivity index (χ2v) is 9.23. The Morgan fingerprint density at radius 2 is 1.73 bits per heavy atom. The largest absolute Gasteiger partial charge is 0.354 e. The molecule has 5 rings (SSSR count). The molecule has 0 aliphatic carbocycles. The van der Waals surface area contributed by atoms with Crippen LogP contribution < -0.4 is 5.32 Å². The summed E-state index contributed by atoms with van der Waals surface area (Å²) in [6, 6.07) is 13.5. The van der Waals surface area contributed by atoms with Gasteiger partial charge in [-0.15, -0.1) is 10.2 Å². The third-order valence-corrected chi connectivity index (χ3v) is 6.59. The van der Waals surface area contributed by atoms with E-state index in [4.69, 9.17) is 0 Å². The molecule has 4 aromatic rings. The molecule has 3 heterocycles. The highest BCUT2D eigenvalue weighted by atomic mass is 79.9. The second kappa shape index (κ2) is 9.54. The number of amides is 3. The van der Waals surface area contributed by atoms with Gasteiger partial charge in [0.1, 0.15) is 5.69 Å². The average molecular weight is 562 g/mol. The maximum Gasteiger partial charge on any atom is 0.268 e. The third kappa shape index (κ3) is 4.25. The molecule has 2 N–H and O–H groups in total. The van der Waals surface area contributed by atoms with Crippen LogP contribution in [0.5, 0.6) is 0 Å². The van der Waals surface area contributed by atoms with Crippen LogP contribution in [0.2, 0.25) is 0 Å². The van der Waals surface area contributed by atoms with E-state index in [1.54, 1.807) is 55.5 Å². The van der Waals surface area contributed by atoms with Gasteiger partial charge in [-0.2, -0.15) is 4.80 Å². The van der Waals surface area contributed by atoms with Gasteiger partial charge in [0.2, 0.25) is 5.82 Å². The van der Waals surface area contributed by atoms with E-state index >= 15 is 0 Å². The summed E-state index contributed by atoms with van der Waals surface area (Å²) in [5.74, 6) is -1.37. The lowest BCUT2D eigenvalue weighted by Gasteiger charge is -2.12. The number of rotatable bonds is 7. The van der Waals surface area contributed by atoms with Crippen LogP contribution in [-0.4, -0.2) is 67.2 Å². The number of benzene rings is 2. The van der Waals surface area contributed by atoms with E-state index in [1.165, 1.54) is 11.8 Å². The summed E-state index contributed by atoms with van der Waals surface area (Å²) in [5, 5.41) is 15.0. The van der Waals surface area contributed by atoms with Gasteiger partial charge in [0.05, 0.1) is 35.5 Å². The SMILES string of the molecule is CNC(=O)c1[nH]c(-c2nnn(CCN3C(=O)c4ccccc4C3=O)n2)c(C)c1C(=O)c1cccc(Br)c1. The number of fused-ring (bicyclic) bond motifs is 1. The first kappa shape index (κ1) is 24.3. The first-order valence-corrected chi connectivity index (χ1v) is 12.1. The number of aromatic amines is 1. The number of hydrogen-bond acceptors (Lipinski definition) is 7. The Hall–Kier alpha value is -4.45. The molecule has 1 aliphatic rings. The van der Waals surface area contributed by atoms with E-state index in [2.05, 4.69) is 41.6 Å². The van der Waals surface area contributed by atoms with Crippen molar-refractivity contribution in [3.05, 3.63) is 86.5 Å². The van der Waals surface area contributed by atoms with Crippen LogP contribution in [0.3, 0.4) is 0 Å². The summed E-state index contributed by atoms with van der Waals surface area (Å²) in [7, 11) is 1.47. The van der Waals surface area contributed by atoms with Crippen LogP contribution in [0.1, 0.15) is 52.7 Å². The minimum Gasteiger partial charge on any atom is -0.354 e. The van der Waals surface area contributed by atoms with E-state index in [9.17, 15) is 19.2 Å². The molecular formula is C25H20BrN7O4. The molecule has 0 saturated heterocycles. The van der Waals surface area contributed by atoms with Crippen molar-refractivity contribution in [1.29, 1.82) is 0 Å². The molecule has 11 nitrogen and oxygen atoms in total. The third-order valence-electron chi connectivity index (χ3n) is 6.10. The van der Waals surface area contributed by atoms with Crippen LogP contribution in [0.4, 0.5) is 0 Å².